The van der Waals surface area contributed by atoms with Crippen LogP contribution in [-0.4, -0.2) is 33.8 Å². The van der Waals surface area contributed by atoms with Crippen molar-refractivity contribution < 1.29 is 4.79 Å². The predicted octanol–water partition coefficient (Wildman–Crippen LogP) is 3.38. The second-order valence-electron chi connectivity index (χ2n) is 5.26. The molecule has 2 aromatic carbocycles. The van der Waals surface area contributed by atoms with Crippen LogP contribution in [0.15, 0.2) is 65.8 Å². The molecular formula is C18H17N3OS. The van der Waals surface area contributed by atoms with Crippen LogP contribution < -0.4 is 0 Å². The Balaban J connectivity index is 1.64. The molecule has 23 heavy (non-hydrogen) atoms. The topological polar surface area (TPSA) is 46.1 Å². The smallest absolute Gasteiger partial charge is 0.233 e. The molecule has 0 aliphatic rings. The van der Waals surface area contributed by atoms with Crippen LogP contribution in [0.5, 0.6) is 0 Å². The Morgan fingerprint density at radius 2 is 1.83 bits per heavy atom. The van der Waals surface area contributed by atoms with Crippen molar-refractivity contribution >= 4 is 28.4 Å². The third-order valence-electron chi connectivity index (χ3n) is 3.56. The lowest BCUT2D eigenvalue weighted by Gasteiger charge is -2.17. The van der Waals surface area contributed by atoms with Crippen molar-refractivity contribution in [3.63, 3.8) is 0 Å². The second kappa shape index (κ2) is 7.24. The average Bonchev–Trinajstić information content (AvgIpc) is 2.60. The number of benzene rings is 2. The molecule has 116 valence electrons. The van der Waals surface area contributed by atoms with Crippen LogP contribution in [0, 0.1) is 0 Å². The summed E-state index contributed by atoms with van der Waals surface area (Å²) in [6.45, 7) is 0.613. The molecule has 0 radical (unpaired) electrons. The molecule has 0 saturated carbocycles. The van der Waals surface area contributed by atoms with E-state index < -0.39 is 0 Å². The molecule has 0 saturated heterocycles. The molecule has 0 unspecified atom stereocenters. The first-order valence-electron chi connectivity index (χ1n) is 7.35. The zero-order chi connectivity index (χ0) is 16.1. The number of amides is 1. The summed E-state index contributed by atoms with van der Waals surface area (Å²) in [6.07, 6.45) is 1.74. The van der Waals surface area contributed by atoms with Crippen LogP contribution in [0.25, 0.3) is 10.8 Å². The number of rotatable bonds is 5. The SMILES string of the molecule is CN(Cc1ccccc1)C(=O)CSc1nncc2ccccc12. The summed E-state index contributed by atoms with van der Waals surface area (Å²) >= 11 is 1.43. The Morgan fingerprint density at radius 3 is 2.65 bits per heavy atom. The third kappa shape index (κ3) is 3.87. The number of hydrogen-bond acceptors (Lipinski definition) is 4. The fourth-order valence-corrected chi connectivity index (χ4v) is 3.22. The van der Waals surface area contributed by atoms with Crippen molar-refractivity contribution in [2.24, 2.45) is 0 Å². The lowest BCUT2D eigenvalue weighted by Crippen LogP contribution is -2.27. The van der Waals surface area contributed by atoms with Crippen molar-refractivity contribution in [2.45, 2.75) is 11.6 Å². The number of nitrogens with zero attached hydrogens (tertiary/aromatic N) is 3. The zero-order valence-electron chi connectivity index (χ0n) is 12.8. The Labute approximate surface area is 139 Å². The van der Waals surface area contributed by atoms with Gasteiger partial charge in [0.1, 0.15) is 5.03 Å². The number of carbonyl (C=O) groups excluding carboxylic acids is 1. The Bertz CT molecular complexity index is 802. The van der Waals surface area contributed by atoms with Crippen molar-refractivity contribution in [1.29, 1.82) is 0 Å². The van der Waals surface area contributed by atoms with E-state index in [-0.39, 0.29) is 5.91 Å². The van der Waals surface area contributed by atoms with Gasteiger partial charge in [0, 0.05) is 24.4 Å². The van der Waals surface area contributed by atoms with Gasteiger partial charge in [-0.15, -0.1) is 5.10 Å². The third-order valence-corrected chi connectivity index (χ3v) is 4.52. The monoisotopic (exact) mass is 323 g/mol. The summed E-state index contributed by atoms with van der Waals surface area (Å²) in [5, 5.41) is 11.0. The number of thioether (sulfide) groups is 1. The molecule has 0 aliphatic carbocycles. The maximum Gasteiger partial charge on any atom is 0.233 e. The molecule has 0 fully saturated rings. The molecule has 3 aromatic rings. The molecule has 0 bridgehead atoms. The van der Waals surface area contributed by atoms with E-state index in [0.717, 1.165) is 21.4 Å². The molecule has 1 aromatic heterocycles. The average molecular weight is 323 g/mol. The van der Waals surface area contributed by atoms with Gasteiger partial charge in [0.15, 0.2) is 0 Å². The number of hydrogen-bond donors (Lipinski definition) is 0. The van der Waals surface area contributed by atoms with Gasteiger partial charge in [-0.05, 0) is 5.56 Å². The zero-order valence-corrected chi connectivity index (χ0v) is 13.7. The number of carbonyl (C=O) groups is 1. The maximum absolute atomic E-state index is 12.3. The van der Waals surface area contributed by atoms with Crippen LogP contribution in [0.3, 0.4) is 0 Å². The number of aromatic nitrogens is 2. The molecule has 0 aliphatic heterocycles. The van der Waals surface area contributed by atoms with Crippen LogP contribution in [0.2, 0.25) is 0 Å². The molecule has 1 amide bonds. The highest BCUT2D eigenvalue weighted by molar-refractivity contribution is 8.00. The molecule has 3 rings (SSSR count). The van der Waals surface area contributed by atoms with Crippen LogP contribution in [0.1, 0.15) is 5.56 Å². The van der Waals surface area contributed by atoms with Crippen LogP contribution >= 0.6 is 11.8 Å². The van der Waals surface area contributed by atoms with Crippen LogP contribution in [-0.2, 0) is 11.3 Å². The van der Waals surface area contributed by atoms with Crippen molar-refractivity contribution in [2.75, 3.05) is 12.8 Å². The van der Waals surface area contributed by atoms with E-state index in [9.17, 15) is 4.79 Å². The fraction of sp³-hybridized carbons (Fsp3) is 0.167. The molecule has 0 atom stereocenters. The lowest BCUT2D eigenvalue weighted by molar-refractivity contribution is -0.127. The second-order valence-corrected chi connectivity index (χ2v) is 6.23. The van der Waals surface area contributed by atoms with Gasteiger partial charge in [0.25, 0.3) is 0 Å². The summed E-state index contributed by atoms with van der Waals surface area (Å²) in [7, 11) is 1.82. The normalized spacial score (nSPS) is 10.7. The van der Waals surface area contributed by atoms with E-state index in [1.54, 1.807) is 11.1 Å². The van der Waals surface area contributed by atoms with Crippen molar-refractivity contribution in [3.8, 4) is 0 Å². The van der Waals surface area contributed by atoms with Crippen molar-refractivity contribution in [3.05, 3.63) is 66.4 Å². The molecule has 5 heteroatoms. The van der Waals surface area contributed by atoms with E-state index >= 15 is 0 Å². The minimum absolute atomic E-state index is 0.0774. The predicted molar refractivity (Wildman–Crippen MR) is 93.2 cm³/mol. The minimum Gasteiger partial charge on any atom is -0.341 e. The Kier molecular flexibility index (Phi) is 4.88. The molecule has 4 nitrogen and oxygen atoms in total. The first-order chi connectivity index (χ1) is 11.2. The van der Waals surface area contributed by atoms with E-state index in [4.69, 9.17) is 0 Å². The Morgan fingerprint density at radius 1 is 1.09 bits per heavy atom. The standard InChI is InChI=1S/C18H17N3OS/c1-21(12-14-7-3-2-4-8-14)17(22)13-23-18-16-10-6-5-9-15(16)11-19-20-18/h2-11H,12-13H2,1H3. The first kappa shape index (κ1) is 15.5. The summed E-state index contributed by atoms with van der Waals surface area (Å²) in [5.74, 6) is 0.431. The van der Waals surface area contributed by atoms with E-state index in [2.05, 4.69) is 10.2 Å². The van der Waals surface area contributed by atoms with Gasteiger partial charge in [-0.25, -0.2) is 0 Å². The minimum atomic E-state index is 0.0774. The number of fused-ring (bicyclic) bond motifs is 1. The van der Waals surface area contributed by atoms with E-state index in [1.807, 2.05) is 61.6 Å². The summed E-state index contributed by atoms with van der Waals surface area (Å²) in [5.41, 5.74) is 1.12. The Hall–Kier alpha value is -2.40. The van der Waals surface area contributed by atoms with Gasteiger partial charge in [0.05, 0.1) is 11.9 Å². The quantitative estimate of drug-likeness (QED) is 0.675. The summed E-state index contributed by atoms with van der Waals surface area (Å²) < 4.78 is 0. The highest BCUT2D eigenvalue weighted by Gasteiger charge is 2.12. The lowest BCUT2D eigenvalue weighted by atomic mass is 10.2. The van der Waals surface area contributed by atoms with E-state index in [1.165, 1.54) is 11.8 Å². The maximum atomic E-state index is 12.3. The molecule has 0 N–H and O–H groups in total. The molecule has 0 spiro atoms. The van der Waals surface area contributed by atoms with Gasteiger partial charge in [0.2, 0.25) is 5.91 Å². The van der Waals surface area contributed by atoms with Gasteiger partial charge in [-0.1, -0.05) is 66.4 Å². The molecule has 1 heterocycles. The fourth-order valence-electron chi connectivity index (χ4n) is 2.29. The highest BCUT2D eigenvalue weighted by atomic mass is 32.2. The van der Waals surface area contributed by atoms with Gasteiger partial charge < -0.3 is 4.90 Å². The van der Waals surface area contributed by atoms with Gasteiger partial charge in [-0.3, -0.25) is 4.79 Å². The van der Waals surface area contributed by atoms with Crippen molar-refractivity contribution in [1.82, 2.24) is 15.1 Å². The van der Waals surface area contributed by atoms with Gasteiger partial charge >= 0.3 is 0 Å². The largest absolute Gasteiger partial charge is 0.341 e. The van der Waals surface area contributed by atoms with E-state index in [0.29, 0.717) is 12.3 Å². The van der Waals surface area contributed by atoms with Crippen LogP contribution in [0.4, 0.5) is 0 Å². The summed E-state index contributed by atoms with van der Waals surface area (Å²) in [6, 6.07) is 17.9. The summed E-state index contributed by atoms with van der Waals surface area (Å²) in [4.78, 5) is 14.1. The first-order valence-corrected chi connectivity index (χ1v) is 8.34. The van der Waals surface area contributed by atoms with Gasteiger partial charge in [-0.2, -0.15) is 5.10 Å². The molecular weight excluding hydrogens is 306 g/mol. The highest BCUT2D eigenvalue weighted by Crippen LogP contribution is 2.24.